The van der Waals surface area contributed by atoms with Gasteiger partial charge in [0.15, 0.2) is 0 Å². The third kappa shape index (κ3) is 3.94. The molecule has 4 rings (SSSR count). The summed E-state index contributed by atoms with van der Waals surface area (Å²) in [6.07, 6.45) is 0.216. The first-order chi connectivity index (χ1) is 14.0. The molecule has 5 heteroatoms. The molecule has 148 valence electrons. The summed E-state index contributed by atoms with van der Waals surface area (Å²) in [5.74, 6) is 0.186. The van der Waals surface area contributed by atoms with Crippen LogP contribution < -0.4 is 15.0 Å². The molecule has 0 radical (unpaired) electrons. The first-order valence-corrected chi connectivity index (χ1v) is 9.78. The molecule has 5 nitrogen and oxygen atoms in total. The Labute approximate surface area is 170 Å². The Kier molecular flexibility index (Phi) is 5.21. The SMILES string of the molecule is COc1cccc(N2CC(C(=O)NC(C)c3ccc4ccccc4c3)CC2=O)c1. The summed E-state index contributed by atoms with van der Waals surface area (Å²) < 4.78 is 5.24. The van der Waals surface area contributed by atoms with Crippen molar-refractivity contribution in [2.24, 2.45) is 5.92 Å². The van der Waals surface area contributed by atoms with Crippen LogP contribution in [0.3, 0.4) is 0 Å². The predicted octanol–water partition coefficient (Wildman–Crippen LogP) is 4.08. The second-order valence-corrected chi connectivity index (χ2v) is 7.44. The zero-order valence-corrected chi connectivity index (χ0v) is 16.6. The zero-order chi connectivity index (χ0) is 20.4. The molecule has 29 heavy (non-hydrogen) atoms. The lowest BCUT2D eigenvalue weighted by Gasteiger charge is -2.19. The lowest BCUT2D eigenvalue weighted by molar-refractivity contribution is -0.126. The second kappa shape index (κ2) is 7.95. The number of benzene rings is 3. The number of hydrogen-bond donors (Lipinski definition) is 1. The van der Waals surface area contributed by atoms with E-state index in [2.05, 4.69) is 29.6 Å². The fraction of sp³-hybridized carbons (Fsp3) is 0.250. The molecule has 3 aromatic rings. The highest BCUT2D eigenvalue weighted by atomic mass is 16.5. The molecule has 0 spiro atoms. The van der Waals surface area contributed by atoms with Crippen LogP contribution in [0, 0.1) is 5.92 Å². The van der Waals surface area contributed by atoms with Crippen LogP contribution in [0.5, 0.6) is 5.75 Å². The minimum atomic E-state index is -0.364. The first-order valence-electron chi connectivity index (χ1n) is 9.78. The number of fused-ring (bicyclic) bond motifs is 1. The van der Waals surface area contributed by atoms with Crippen molar-refractivity contribution in [3.05, 3.63) is 72.3 Å². The smallest absolute Gasteiger partial charge is 0.227 e. The van der Waals surface area contributed by atoms with Crippen molar-refractivity contribution in [1.29, 1.82) is 0 Å². The number of rotatable bonds is 5. The van der Waals surface area contributed by atoms with E-state index in [1.807, 2.05) is 49.4 Å². The summed E-state index contributed by atoms with van der Waals surface area (Å²) in [5, 5.41) is 5.39. The summed E-state index contributed by atoms with van der Waals surface area (Å²) in [6.45, 7) is 2.35. The van der Waals surface area contributed by atoms with Crippen LogP contribution in [0.15, 0.2) is 66.7 Å². The largest absolute Gasteiger partial charge is 0.497 e. The van der Waals surface area contributed by atoms with Crippen LogP contribution in [0.4, 0.5) is 5.69 Å². The Hall–Kier alpha value is -3.34. The van der Waals surface area contributed by atoms with Gasteiger partial charge in [-0.15, -0.1) is 0 Å². The molecule has 3 aromatic carbocycles. The molecule has 2 atom stereocenters. The highest BCUT2D eigenvalue weighted by molar-refractivity contribution is 6.00. The van der Waals surface area contributed by atoms with Crippen LogP contribution in [0.1, 0.15) is 24.9 Å². The predicted molar refractivity (Wildman–Crippen MR) is 114 cm³/mol. The molecule has 2 unspecified atom stereocenters. The molecule has 1 aliphatic heterocycles. The molecule has 0 saturated carbocycles. The maximum atomic E-state index is 12.8. The molecule has 1 fully saturated rings. The highest BCUT2D eigenvalue weighted by Gasteiger charge is 2.35. The van der Waals surface area contributed by atoms with Crippen molar-refractivity contribution >= 4 is 28.3 Å². The van der Waals surface area contributed by atoms with Crippen molar-refractivity contribution in [1.82, 2.24) is 5.32 Å². The molecule has 0 aliphatic carbocycles. The van der Waals surface area contributed by atoms with Gasteiger partial charge in [-0.25, -0.2) is 0 Å². The minimum Gasteiger partial charge on any atom is -0.497 e. The van der Waals surface area contributed by atoms with Gasteiger partial charge in [-0.3, -0.25) is 9.59 Å². The number of methoxy groups -OCH3 is 1. The van der Waals surface area contributed by atoms with E-state index >= 15 is 0 Å². The van der Waals surface area contributed by atoms with Crippen LogP contribution in [0.25, 0.3) is 10.8 Å². The van der Waals surface area contributed by atoms with Gasteiger partial charge in [0.25, 0.3) is 0 Å². The highest BCUT2D eigenvalue weighted by Crippen LogP contribution is 2.28. The summed E-state index contributed by atoms with van der Waals surface area (Å²) in [5.41, 5.74) is 1.80. The molecular formula is C24H24N2O3. The van der Waals surface area contributed by atoms with Crippen LogP contribution in [-0.4, -0.2) is 25.5 Å². The fourth-order valence-corrected chi connectivity index (χ4v) is 3.80. The monoisotopic (exact) mass is 388 g/mol. The number of anilines is 1. The molecule has 1 heterocycles. The van der Waals surface area contributed by atoms with Gasteiger partial charge < -0.3 is 15.0 Å². The van der Waals surface area contributed by atoms with Gasteiger partial charge >= 0.3 is 0 Å². The van der Waals surface area contributed by atoms with Gasteiger partial charge in [0.2, 0.25) is 11.8 Å². The molecule has 2 amide bonds. The van der Waals surface area contributed by atoms with Crippen LogP contribution in [0.2, 0.25) is 0 Å². The van der Waals surface area contributed by atoms with E-state index in [1.165, 1.54) is 5.39 Å². The number of amides is 2. The molecule has 1 N–H and O–H groups in total. The van der Waals surface area contributed by atoms with Crippen molar-refractivity contribution in [3.63, 3.8) is 0 Å². The topological polar surface area (TPSA) is 58.6 Å². The second-order valence-electron chi connectivity index (χ2n) is 7.44. The third-order valence-electron chi connectivity index (χ3n) is 5.49. The van der Waals surface area contributed by atoms with Gasteiger partial charge in [-0.05, 0) is 41.5 Å². The summed E-state index contributed by atoms with van der Waals surface area (Å²) in [6, 6.07) is 21.6. The van der Waals surface area contributed by atoms with E-state index in [0.29, 0.717) is 12.3 Å². The normalized spacial score (nSPS) is 17.4. The van der Waals surface area contributed by atoms with Crippen LogP contribution in [-0.2, 0) is 9.59 Å². The lowest BCUT2D eigenvalue weighted by atomic mass is 10.0. The van der Waals surface area contributed by atoms with E-state index in [-0.39, 0.29) is 30.2 Å². The van der Waals surface area contributed by atoms with E-state index in [9.17, 15) is 9.59 Å². The van der Waals surface area contributed by atoms with Crippen molar-refractivity contribution in [3.8, 4) is 5.75 Å². The molecular weight excluding hydrogens is 364 g/mol. The average molecular weight is 388 g/mol. The first kappa shape index (κ1) is 19.0. The summed E-state index contributed by atoms with van der Waals surface area (Å²) in [7, 11) is 1.59. The molecule has 1 saturated heterocycles. The van der Waals surface area contributed by atoms with Crippen molar-refractivity contribution in [2.75, 3.05) is 18.6 Å². The van der Waals surface area contributed by atoms with E-state index in [0.717, 1.165) is 16.6 Å². The molecule has 0 bridgehead atoms. The molecule has 1 aliphatic rings. The average Bonchev–Trinajstić information content (AvgIpc) is 3.15. The maximum absolute atomic E-state index is 12.8. The van der Waals surface area contributed by atoms with Gasteiger partial charge in [0.1, 0.15) is 5.75 Å². The maximum Gasteiger partial charge on any atom is 0.227 e. The Bertz CT molecular complexity index is 1060. The summed E-state index contributed by atoms with van der Waals surface area (Å²) >= 11 is 0. The van der Waals surface area contributed by atoms with E-state index in [1.54, 1.807) is 12.0 Å². The number of nitrogens with one attached hydrogen (secondary N) is 1. The Morgan fingerprint density at radius 3 is 2.66 bits per heavy atom. The van der Waals surface area contributed by atoms with Crippen LogP contribution >= 0.6 is 0 Å². The number of ether oxygens (including phenoxy) is 1. The standard InChI is InChI=1S/C24H24N2O3/c1-16(18-11-10-17-6-3-4-7-19(17)12-18)25-24(28)20-13-23(27)26(15-20)21-8-5-9-22(14-21)29-2/h3-12,14,16,20H,13,15H2,1-2H3,(H,25,28). The van der Waals surface area contributed by atoms with E-state index < -0.39 is 0 Å². The molecule has 0 aromatic heterocycles. The Morgan fingerprint density at radius 2 is 1.86 bits per heavy atom. The minimum absolute atomic E-state index is 0.0447. The van der Waals surface area contributed by atoms with E-state index in [4.69, 9.17) is 4.74 Å². The van der Waals surface area contributed by atoms with Gasteiger partial charge in [0.05, 0.1) is 19.1 Å². The zero-order valence-electron chi connectivity index (χ0n) is 16.6. The lowest BCUT2D eigenvalue weighted by Crippen LogP contribution is -2.34. The van der Waals surface area contributed by atoms with Gasteiger partial charge in [-0.1, -0.05) is 42.5 Å². The Morgan fingerprint density at radius 1 is 1.07 bits per heavy atom. The Balaban J connectivity index is 1.44. The van der Waals surface area contributed by atoms with Crippen molar-refractivity contribution < 1.29 is 14.3 Å². The van der Waals surface area contributed by atoms with Crippen molar-refractivity contribution in [2.45, 2.75) is 19.4 Å². The summed E-state index contributed by atoms with van der Waals surface area (Å²) in [4.78, 5) is 27.0. The number of carbonyl (C=O) groups is 2. The number of hydrogen-bond acceptors (Lipinski definition) is 3. The quantitative estimate of drug-likeness (QED) is 0.717. The number of carbonyl (C=O) groups excluding carboxylic acids is 2. The number of nitrogens with zero attached hydrogens (tertiary/aromatic N) is 1. The van der Waals surface area contributed by atoms with Gasteiger partial charge in [0, 0.05) is 24.7 Å². The third-order valence-corrected chi connectivity index (χ3v) is 5.49. The van der Waals surface area contributed by atoms with Gasteiger partial charge in [-0.2, -0.15) is 0 Å². The fourth-order valence-electron chi connectivity index (χ4n) is 3.80.